The number of ether oxygens (including phenoxy) is 1. The summed E-state index contributed by atoms with van der Waals surface area (Å²) < 4.78 is 19.3. The van der Waals surface area contributed by atoms with Gasteiger partial charge in [-0.05, 0) is 56.1 Å². The molecule has 0 radical (unpaired) electrons. The van der Waals surface area contributed by atoms with E-state index in [0.29, 0.717) is 24.6 Å². The number of piperazine rings is 1. The number of benzene rings is 1. The van der Waals surface area contributed by atoms with E-state index >= 15 is 0 Å². The van der Waals surface area contributed by atoms with Crippen LogP contribution in [0.1, 0.15) is 23.2 Å². The van der Waals surface area contributed by atoms with Gasteiger partial charge in [0.2, 0.25) is 0 Å². The van der Waals surface area contributed by atoms with E-state index in [1.807, 2.05) is 0 Å². The molecule has 0 saturated carbocycles. The lowest BCUT2D eigenvalue weighted by molar-refractivity contribution is 0.0601. The molecule has 1 N–H and O–H groups in total. The highest BCUT2D eigenvalue weighted by Gasteiger charge is 2.28. The van der Waals surface area contributed by atoms with Crippen LogP contribution in [-0.2, 0) is 4.74 Å². The van der Waals surface area contributed by atoms with Gasteiger partial charge in [-0.15, -0.1) is 0 Å². The number of hydrogen-bond acceptors (Lipinski definition) is 5. The van der Waals surface area contributed by atoms with E-state index in [-0.39, 0.29) is 5.97 Å². The van der Waals surface area contributed by atoms with E-state index in [1.54, 1.807) is 29.2 Å². The van der Waals surface area contributed by atoms with Gasteiger partial charge < -0.3 is 15.0 Å². The molecule has 0 aromatic heterocycles. The lowest BCUT2D eigenvalue weighted by atomic mass is 9.97. The van der Waals surface area contributed by atoms with Crippen LogP contribution < -0.4 is 10.2 Å². The molecule has 24 heavy (non-hydrogen) atoms. The highest BCUT2D eigenvalue weighted by Crippen LogP contribution is 2.23. The number of piperidine rings is 1. The number of esters is 1. The average Bonchev–Trinajstić information content (AvgIpc) is 2.62. The number of nitrogens with one attached hydrogen (secondary N) is 1. The minimum absolute atomic E-state index is 0.370. The molecule has 3 rings (SSSR count). The Morgan fingerprint density at radius 1 is 1.25 bits per heavy atom. The van der Waals surface area contributed by atoms with E-state index in [2.05, 4.69) is 10.2 Å². The van der Waals surface area contributed by atoms with Gasteiger partial charge in [-0.2, -0.15) is 0 Å². The Morgan fingerprint density at radius 2 is 1.96 bits per heavy atom. The molecule has 0 spiro atoms. The van der Waals surface area contributed by atoms with Gasteiger partial charge in [0.05, 0.1) is 12.7 Å². The Kier molecular flexibility index (Phi) is 5.68. The minimum Gasteiger partial charge on any atom is -0.465 e. The van der Waals surface area contributed by atoms with Crippen molar-refractivity contribution in [2.45, 2.75) is 19.1 Å². The van der Waals surface area contributed by atoms with Crippen molar-refractivity contribution in [3.05, 3.63) is 29.8 Å². The van der Waals surface area contributed by atoms with E-state index < -0.39 is 6.30 Å². The molecule has 1 aromatic carbocycles. The number of rotatable bonds is 4. The first-order chi connectivity index (χ1) is 11.7. The zero-order chi connectivity index (χ0) is 16.9. The van der Waals surface area contributed by atoms with Crippen molar-refractivity contribution in [2.75, 3.05) is 51.3 Å². The number of carbonyl (C=O) groups is 1. The van der Waals surface area contributed by atoms with E-state index in [0.717, 1.165) is 31.9 Å². The summed E-state index contributed by atoms with van der Waals surface area (Å²) >= 11 is 0. The van der Waals surface area contributed by atoms with Crippen LogP contribution in [0.5, 0.6) is 0 Å². The topological polar surface area (TPSA) is 44.8 Å². The third-order valence-corrected chi connectivity index (χ3v) is 5.00. The van der Waals surface area contributed by atoms with Crippen LogP contribution in [-0.4, -0.2) is 63.5 Å². The van der Waals surface area contributed by atoms with Gasteiger partial charge in [0.25, 0.3) is 0 Å². The molecule has 2 heterocycles. The first-order valence-electron chi connectivity index (χ1n) is 8.69. The average molecular weight is 335 g/mol. The predicted molar refractivity (Wildman–Crippen MR) is 92.1 cm³/mol. The van der Waals surface area contributed by atoms with E-state index in [9.17, 15) is 9.18 Å². The lowest BCUT2D eigenvalue weighted by Gasteiger charge is -2.40. The first-order valence-corrected chi connectivity index (χ1v) is 8.69. The maximum absolute atomic E-state index is 14.6. The summed E-state index contributed by atoms with van der Waals surface area (Å²) in [6.45, 7) is 5.15. The molecule has 1 unspecified atom stereocenters. The second-order valence-electron chi connectivity index (χ2n) is 6.62. The smallest absolute Gasteiger partial charge is 0.337 e. The Hall–Kier alpha value is -1.66. The third-order valence-electron chi connectivity index (χ3n) is 5.00. The van der Waals surface area contributed by atoms with Crippen LogP contribution in [0, 0.1) is 5.92 Å². The van der Waals surface area contributed by atoms with Gasteiger partial charge in [0.1, 0.15) is 0 Å². The molecule has 2 saturated heterocycles. The molecule has 132 valence electrons. The van der Waals surface area contributed by atoms with Crippen molar-refractivity contribution < 1.29 is 13.9 Å². The summed E-state index contributed by atoms with van der Waals surface area (Å²) in [4.78, 5) is 15.5. The number of alkyl halides is 1. The third kappa shape index (κ3) is 4.05. The SMILES string of the molecule is COC(=O)c1ccc(N2CCN(CC3CCNCC3)CC2F)cc1. The molecule has 0 bridgehead atoms. The number of nitrogens with zero attached hydrogens (tertiary/aromatic N) is 2. The van der Waals surface area contributed by atoms with Gasteiger partial charge in [-0.1, -0.05) is 0 Å². The van der Waals surface area contributed by atoms with Crippen molar-refractivity contribution in [1.29, 1.82) is 0 Å². The predicted octanol–water partition coefficient (Wildman–Crippen LogP) is 1.89. The lowest BCUT2D eigenvalue weighted by Crippen LogP contribution is -2.52. The zero-order valence-corrected chi connectivity index (χ0v) is 14.2. The molecule has 0 amide bonds. The normalized spacial score (nSPS) is 23.2. The molecule has 2 aliphatic rings. The highest BCUT2D eigenvalue weighted by atomic mass is 19.1. The van der Waals surface area contributed by atoms with Crippen molar-refractivity contribution in [3.63, 3.8) is 0 Å². The summed E-state index contributed by atoms with van der Waals surface area (Å²) in [5.74, 6) is 0.314. The fourth-order valence-corrected chi connectivity index (χ4v) is 3.59. The Balaban J connectivity index is 1.56. The van der Waals surface area contributed by atoms with Crippen molar-refractivity contribution in [3.8, 4) is 0 Å². The first kappa shape index (κ1) is 17.2. The molecule has 2 aliphatic heterocycles. The van der Waals surface area contributed by atoms with Crippen molar-refractivity contribution >= 4 is 11.7 Å². The molecule has 1 atom stereocenters. The van der Waals surface area contributed by atoms with Gasteiger partial charge in [-0.3, -0.25) is 4.90 Å². The summed E-state index contributed by atoms with van der Waals surface area (Å²) in [7, 11) is 1.36. The standard InChI is InChI=1S/C18H26FN3O2/c1-24-18(23)15-2-4-16(5-3-15)22-11-10-21(13-17(22)19)12-14-6-8-20-9-7-14/h2-5,14,17,20H,6-13H2,1H3. The van der Waals surface area contributed by atoms with Crippen molar-refractivity contribution in [2.24, 2.45) is 5.92 Å². The maximum atomic E-state index is 14.6. The molecule has 1 aromatic rings. The quantitative estimate of drug-likeness (QED) is 0.672. The fourth-order valence-electron chi connectivity index (χ4n) is 3.59. The Morgan fingerprint density at radius 3 is 2.58 bits per heavy atom. The van der Waals surface area contributed by atoms with E-state index in [1.165, 1.54) is 20.0 Å². The van der Waals surface area contributed by atoms with Crippen LogP contribution in [0.15, 0.2) is 24.3 Å². The van der Waals surface area contributed by atoms with Gasteiger partial charge in [0, 0.05) is 31.9 Å². The van der Waals surface area contributed by atoms with Crippen molar-refractivity contribution in [1.82, 2.24) is 10.2 Å². The summed E-state index contributed by atoms with van der Waals surface area (Å²) in [5, 5.41) is 3.37. The number of anilines is 1. The Bertz CT molecular complexity index is 546. The zero-order valence-electron chi connectivity index (χ0n) is 14.2. The van der Waals surface area contributed by atoms with Gasteiger partial charge in [-0.25, -0.2) is 9.18 Å². The number of carbonyl (C=O) groups excluding carboxylic acids is 1. The number of halogens is 1. The molecule has 2 fully saturated rings. The maximum Gasteiger partial charge on any atom is 0.337 e. The summed E-state index contributed by atoms with van der Waals surface area (Å²) in [6.07, 6.45) is 1.36. The second kappa shape index (κ2) is 7.94. The summed E-state index contributed by atoms with van der Waals surface area (Å²) in [6, 6.07) is 6.97. The van der Waals surface area contributed by atoms with Crippen LogP contribution in [0.2, 0.25) is 0 Å². The molecule has 0 aliphatic carbocycles. The molecule has 5 nitrogen and oxygen atoms in total. The summed E-state index contributed by atoms with van der Waals surface area (Å²) in [5.41, 5.74) is 1.30. The molecular formula is C18H26FN3O2. The minimum atomic E-state index is -1.01. The van der Waals surface area contributed by atoms with Crippen LogP contribution in [0.3, 0.4) is 0 Å². The van der Waals surface area contributed by atoms with Gasteiger partial charge >= 0.3 is 5.97 Å². The van der Waals surface area contributed by atoms with Gasteiger partial charge in [0.15, 0.2) is 6.30 Å². The molecule has 6 heteroatoms. The number of methoxy groups -OCH3 is 1. The molecular weight excluding hydrogens is 309 g/mol. The largest absolute Gasteiger partial charge is 0.465 e. The number of hydrogen-bond donors (Lipinski definition) is 1. The fraction of sp³-hybridized carbons (Fsp3) is 0.611. The van der Waals surface area contributed by atoms with E-state index in [4.69, 9.17) is 4.74 Å². The van der Waals surface area contributed by atoms with Crippen LogP contribution in [0.25, 0.3) is 0 Å². The van der Waals surface area contributed by atoms with Crippen LogP contribution in [0.4, 0.5) is 10.1 Å². The van der Waals surface area contributed by atoms with Crippen LogP contribution >= 0.6 is 0 Å². The highest BCUT2D eigenvalue weighted by molar-refractivity contribution is 5.89. The second-order valence-corrected chi connectivity index (χ2v) is 6.62. The Labute approximate surface area is 142 Å². The monoisotopic (exact) mass is 335 g/mol.